The van der Waals surface area contributed by atoms with Crippen LogP contribution in [0.3, 0.4) is 0 Å². The van der Waals surface area contributed by atoms with E-state index in [4.69, 9.17) is 24.8 Å². The van der Waals surface area contributed by atoms with Crippen molar-refractivity contribution in [1.29, 1.82) is 0 Å². The van der Waals surface area contributed by atoms with E-state index in [-0.39, 0.29) is 29.6 Å². The van der Waals surface area contributed by atoms with Gasteiger partial charge in [0.05, 0.1) is 46.6 Å². The number of amides is 4. The number of nitrogens with one attached hydrogen (secondary N) is 4. The molecule has 4 amide bonds. The van der Waals surface area contributed by atoms with E-state index in [0.717, 1.165) is 33.3 Å². The summed E-state index contributed by atoms with van der Waals surface area (Å²) in [6, 6.07) is 19.1. The third kappa shape index (κ3) is 7.12. The smallest absolute Gasteiger partial charge is 0.354 e. The maximum absolute atomic E-state index is 14.1. The molecule has 0 fully saturated rings. The first-order valence-electron chi connectivity index (χ1n) is 18.8. The Balaban J connectivity index is 0.948. The van der Waals surface area contributed by atoms with E-state index in [1.807, 2.05) is 12.1 Å². The summed E-state index contributed by atoms with van der Waals surface area (Å²) in [4.78, 5) is 76.3. The summed E-state index contributed by atoms with van der Waals surface area (Å²) in [6.45, 7) is 0.838. The normalized spacial score (nSPS) is 13.2. The van der Waals surface area contributed by atoms with Gasteiger partial charge in [0.15, 0.2) is 0 Å². The molecule has 20 heteroatoms. The third-order valence-corrected chi connectivity index (χ3v) is 11.5. The van der Waals surface area contributed by atoms with E-state index in [1.165, 1.54) is 24.1 Å². The largest absolute Gasteiger partial charge is 0.494 e. The van der Waals surface area contributed by atoms with Crippen LogP contribution in [0.1, 0.15) is 48.2 Å². The summed E-state index contributed by atoms with van der Waals surface area (Å²) in [5.41, 5.74) is 12.2. The molecule has 19 nitrogen and oxygen atoms in total. The highest BCUT2D eigenvalue weighted by Gasteiger charge is 2.32. The van der Waals surface area contributed by atoms with Crippen molar-refractivity contribution in [2.75, 3.05) is 41.9 Å². The van der Waals surface area contributed by atoms with Crippen molar-refractivity contribution in [2.24, 2.45) is 5.73 Å². The van der Waals surface area contributed by atoms with Crippen LogP contribution < -0.4 is 25.6 Å². The number of primary amides is 1. The molecule has 0 atom stereocenters. The van der Waals surface area contributed by atoms with Gasteiger partial charge >= 0.3 is 12.0 Å². The number of hydrogen-bond donors (Lipinski definition) is 6. The number of nitrogens with zero attached hydrogens (tertiary/aromatic N) is 3. The number of rotatable bonds is 12. The molecule has 2 aliphatic rings. The van der Waals surface area contributed by atoms with Crippen molar-refractivity contribution in [3.05, 3.63) is 117 Å². The first-order chi connectivity index (χ1) is 29.5. The lowest BCUT2D eigenvalue weighted by Gasteiger charge is -2.17. The fraction of sp³-hybridized carbons (Fsp3) is 0.171. The molecular weight excluding hydrogens is 813 g/mol. The molecule has 9 rings (SSSR count). The van der Waals surface area contributed by atoms with Crippen LogP contribution >= 0.6 is 12.0 Å². The Hall–Kier alpha value is -7.39. The minimum Gasteiger partial charge on any atom is -0.494 e. The van der Waals surface area contributed by atoms with Crippen molar-refractivity contribution in [3.8, 4) is 5.75 Å². The standard InChI is InChI=1S/C41H34N8O11S/c1-57-34-16-22(14-21-15-31(46-36(21)34)40(52)58-13-10-20-2-4-23(5-3-20)49(54)55)43-38(50)29-18-27-25-8-11-47(33(25)19-35(37(27)45-29)61-60-59-56)39(51)30-17-26-24-9-12-48(41(42)53)32(24)7-6-28(26)44-30/h2-7,14-19,44-46,56H,8-13H2,1H3,(H2,42,53)(H,43,50). The number of aromatic nitrogens is 3. The maximum Gasteiger partial charge on any atom is 0.354 e. The van der Waals surface area contributed by atoms with Crippen molar-refractivity contribution >= 4 is 91.3 Å². The molecule has 310 valence electrons. The monoisotopic (exact) mass is 846 g/mol. The number of nitrogens with two attached hydrogens (primary N) is 1. The van der Waals surface area contributed by atoms with E-state index in [1.54, 1.807) is 53.4 Å². The van der Waals surface area contributed by atoms with Crippen LogP contribution in [0.2, 0.25) is 0 Å². The second-order valence-electron chi connectivity index (χ2n) is 14.3. The van der Waals surface area contributed by atoms with Crippen molar-refractivity contribution in [2.45, 2.75) is 24.2 Å². The quantitative estimate of drug-likeness (QED) is 0.0245. The molecule has 61 heavy (non-hydrogen) atoms. The highest BCUT2D eigenvalue weighted by atomic mass is 32.2. The lowest BCUT2D eigenvalue weighted by Crippen LogP contribution is -2.33. The van der Waals surface area contributed by atoms with Crippen LogP contribution in [0.25, 0.3) is 32.7 Å². The summed E-state index contributed by atoms with van der Waals surface area (Å²) in [5.74, 6) is -1.06. The van der Waals surface area contributed by atoms with Gasteiger partial charge in [0.1, 0.15) is 22.8 Å². The predicted molar refractivity (Wildman–Crippen MR) is 223 cm³/mol. The van der Waals surface area contributed by atoms with Gasteiger partial charge in [0, 0.05) is 76.4 Å². The number of methoxy groups -OCH3 is 1. The first-order valence-corrected chi connectivity index (χ1v) is 19.5. The number of H-pyrrole nitrogens is 3. The van der Waals surface area contributed by atoms with Crippen LogP contribution in [0.15, 0.2) is 77.7 Å². The third-order valence-electron chi connectivity index (χ3n) is 10.9. The minimum atomic E-state index is -0.622. The van der Waals surface area contributed by atoms with Gasteiger partial charge in [0.25, 0.3) is 17.5 Å². The number of nitro groups is 1. The molecule has 7 aromatic rings. The number of hydrogen-bond acceptors (Lipinski definition) is 12. The van der Waals surface area contributed by atoms with Gasteiger partial charge in [-0.2, -0.15) is 0 Å². The number of ether oxygens (including phenoxy) is 2. The molecule has 0 spiro atoms. The molecule has 0 aliphatic carbocycles. The number of urea groups is 1. The number of carbonyl (C=O) groups excluding carboxylic acids is 4. The van der Waals surface area contributed by atoms with Crippen LogP contribution in [-0.2, 0) is 33.4 Å². The van der Waals surface area contributed by atoms with E-state index < -0.39 is 22.8 Å². The lowest BCUT2D eigenvalue weighted by atomic mass is 10.1. The fourth-order valence-corrected chi connectivity index (χ4v) is 8.59. The number of benzene rings is 4. The molecule has 0 unspecified atom stereocenters. The Kier molecular flexibility index (Phi) is 10.0. The number of aromatic amines is 3. The van der Waals surface area contributed by atoms with Crippen LogP contribution in [0, 0.1) is 10.1 Å². The summed E-state index contributed by atoms with van der Waals surface area (Å²) in [5, 5.41) is 28.7. The summed E-state index contributed by atoms with van der Waals surface area (Å²) < 4.78 is 15.8. The highest BCUT2D eigenvalue weighted by Crippen LogP contribution is 2.42. The maximum atomic E-state index is 14.1. The predicted octanol–water partition coefficient (Wildman–Crippen LogP) is 6.77. The summed E-state index contributed by atoms with van der Waals surface area (Å²) >= 11 is 0.687. The van der Waals surface area contributed by atoms with Crippen LogP contribution in [0.5, 0.6) is 5.75 Å². The van der Waals surface area contributed by atoms with Gasteiger partial charge in [-0.1, -0.05) is 17.2 Å². The number of anilines is 3. The molecule has 4 aromatic carbocycles. The average Bonchev–Trinajstić information content (AvgIpc) is 4.10. The van der Waals surface area contributed by atoms with Crippen molar-refractivity contribution < 1.29 is 48.2 Å². The van der Waals surface area contributed by atoms with Crippen LogP contribution in [0.4, 0.5) is 27.5 Å². The second kappa shape index (κ2) is 15.7. The average molecular weight is 847 g/mol. The molecule has 0 bridgehead atoms. The zero-order valence-electron chi connectivity index (χ0n) is 32.0. The zero-order valence-corrected chi connectivity index (χ0v) is 32.8. The SMILES string of the molecule is COc1cc(NC(=O)c2cc3c4c(cc(SOOO)c3[nH]2)N(C(=O)c2cc3c5c(ccc3[nH]2)N(C(N)=O)CC5)CC4)cc2cc(C(=O)OCCc3ccc([N+](=O)[O-])cc3)[nH]c12. The Bertz CT molecular complexity index is 2960. The molecular formula is C41H34N8O11S. The van der Waals surface area contributed by atoms with Gasteiger partial charge in [-0.15, -0.1) is 4.33 Å². The molecule has 5 heterocycles. The fourth-order valence-electron chi connectivity index (χ4n) is 8.08. The van der Waals surface area contributed by atoms with Gasteiger partial charge < -0.3 is 40.4 Å². The number of nitro benzene ring substituents is 1. The number of fused-ring (bicyclic) bond motifs is 7. The Morgan fingerprint density at radius 3 is 2.34 bits per heavy atom. The van der Waals surface area contributed by atoms with Crippen LogP contribution in [-0.4, -0.2) is 75.8 Å². The topological polar surface area (TPSA) is 260 Å². The number of carbonyl (C=O) groups is 4. The number of non-ortho nitro benzene ring substituents is 1. The van der Waals surface area contributed by atoms with Crippen molar-refractivity contribution in [3.63, 3.8) is 0 Å². The lowest BCUT2D eigenvalue weighted by molar-refractivity contribution is -0.432. The Morgan fingerprint density at radius 1 is 0.869 bits per heavy atom. The molecule has 2 aliphatic heterocycles. The zero-order chi connectivity index (χ0) is 42.5. The summed E-state index contributed by atoms with van der Waals surface area (Å²) in [7, 11) is 1.45. The highest BCUT2D eigenvalue weighted by molar-refractivity contribution is 7.94. The van der Waals surface area contributed by atoms with E-state index >= 15 is 0 Å². The second-order valence-corrected chi connectivity index (χ2v) is 15.1. The van der Waals surface area contributed by atoms with Crippen molar-refractivity contribution in [1.82, 2.24) is 15.0 Å². The Labute approximate surface area is 347 Å². The molecule has 7 N–H and O–H groups in total. The Morgan fingerprint density at radius 2 is 1.61 bits per heavy atom. The van der Waals surface area contributed by atoms with Gasteiger partial charge in [0.2, 0.25) is 0 Å². The number of esters is 1. The van der Waals surface area contributed by atoms with Gasteiger partial charge in [-0.05, 0) is 72.0 Å². The molecule has 0 saturated heterocycles. The first kappa shape index (κ1) is 39.1. The van der Waals surface area contributed by atoms with E-state index in [0.29, 0.717) is 93.9 Å². The van der Waals surface area contributed by atoms with Gasteiger partial charge in [-0.25, -0.2) is 14.8 Å². The van der Waals surface area contributed by atoms with E-state index in [2.05, 4.69) is 25.3 Å². The van der Waals surface area contributed by atoms with E-state index in [9.17, 15) is 29.3 Å². The van der Waals surface area contributed by atoms with Gasteiger partial charge in [-0.3, -0.25) is 24.6 Å². The molecule has 3 aromatic heterocycles. The summed E-state index contributed by atoms with van der Waals surface area (Å²) in [6.07, 6.45) is 1.43. The minimum absolute atomic E-state index is 0.0311. The molecule has 0 radical (unpaired) electrons. The molecule has 0 saturated carbocycles.